The van der Waals surface area contributed by atoms with Crippen LogP contribution in [0.15, 0.2) is 78.9 Å². The van der Waals surface area contributed by atoms with Crippen LogP contribution >= 0.6 is 11.3 Å². The molecule has 3 N–H and O–H groups in total. The van der Waals surface area contributed by atoms with Gasteiger partial charge >= 0.3 is 6.18 Å². The quantitative estimate of drug-likeness (QED) is 0.206. The van der Waals surface area contributed by atoms with E-state index in [9.17, 15) is 31.9 Å². The summed E-state index contributed by atoms with van der Waals surface area (Å²) in [6.07, 6.45) is -4.17. The number of nitrogens with zero attached hydrogens (tertiary/aromatic N) is 2. The van der Waals surface area contributed by atoms with Gasteiger partial charge in [0.15, 0.2) is 5.13 Å². The standard InChI is InChI=1S/C28H20F4N4O3S/c29-18-9-11-20(12-10-18)36(25(39)27(13-14-27)24(33)38)26-35-21(16-5-2-1-3-6-16)22(40-26)23(37)34-19-8-4-7-17(15-19)28(30,31)32/h1-12,15H,13-14H2,(H2,33,38)(H,34,37). The Balaban J connectivity index is 1.61. The summed E-state index contributed by atoms with van der Waals surface area (Å²) in [6.45, 7) is 0. The lowest BCUT2D eigenvalue weighted by molar-refractivity contribution is -0.137. The average Bonchev–Trinajstić information content (AvgIpc) is 3.64. The lowest BCUT2D eigenvalue weighted by Crippen LogP contribution is -2.41. The topological polar surface area (TPSA) is 105 Å². The highest BCUT2D eigenvalue weighted by molar-refractivity contribution is 7.18. The van der Waals surface area contributed by atoms with Crippen LogP contribution in [0.3, 0.4) is 0 Å². The van der Waals surface area contributed by atoms with E-state index >= 15 is 0 Å². The molecule has 0 aliphatic heterocycles. The molecule has 0 atom stereocenters. The Bertz CT molecular complexity index is 1600. The highest BCUT2D eigenvalue weighted by Crippen LogP contribution is 2.50. The van der Waals surface area contributed by atoms with Crippen LogP contribution in [0.2, 0.25) is 0 Å². The number of thiazole rings is 1. The maximum Gasteiger partial charge on any atom is 0.416 e. The number of alkyl halides is 3. The number of primary amides is 1. The maximum atomic E-state index is 13.7. The molecule has 5 rings (SSSR count). The van der Waals surface area contributed by atoms with Gasteiger partial charge in [-0.25, -0.2) is 9.37 Å². The molecule has 1 aliphatic rings. The molecule has 0 bridgehead atoms. The van der Waals surface area contributed by atoms with Gasteiger partial charge in [0.1, 0.15) is 16.1 Å². The number of halogens is 4. The maximum absolute atomic E-state index is 13.7. The zero-order valence-corrected chi connectivity index (χ0v) is 21.4. The molecule has 0 saturated heterocycles. The van der Waals surface area contributed by atoms with E-state index in [-0.39, 0.29) is 39.9 Å². The predicted molar refractivity (Wildman–Crippen MR) is 141 cm³/mol. The van der Waals surface area contributed by atoms with Gasteiger partial charge in [0, 0.05) is 11.3 Å². The van der Waals surface area contributed by atoms with Crippen molar-refractivity contribution < 1.29 is 31.9 Å². The summed E-state index contributed by atoms with van der Waals surface area (Å²) in [5, 5.41) is 2.47. The fourth-order valence-electron chi connectivity index (χ4n) is 4.12. The number of carbonyl (C=O) groups excluding carboxylic acids is 3. The van der Waals surface area contributed by atoms with Crippen molar-refractivity contribution in [1.82, 2.24) is 4.98 Å². The van der Waals surface area contributed by atoms with Gasteiger partial charge in [-0.15, -0.1) is 0 Å². The third kappa shape index (κ3) is 5.17. The Labute approximate surface area is 229 Å². The van der Waals surface area contributed by atoms with E-state index in [0.717, 1.165) is 40.5 Å². The van der Waals surface area contributed by atoms with Crippen molar-refractivity contribution in [2.45, 2.75) is 19.0 Å². The van der Waals surface area contributed by atoms with Crippen molar-refractivity contribution in [2.75, 3.05) is 10.2 Å². The first-order valence-corrected chi connectivity index (χ1v) is 12.8. The molecule has 0 radical (unpaired) electrons. The molecule has 12 heteroatoms. The minimum absolute atomic E-state index is 0.00226. The van der Waals surface area contributed by atoms with Gasteiger partial charge in [-0.3, -0.25) is 19.3 Å². The van der Waals surface area contributed by atoms with E-state index in [1.54, 1.807) is 30.3 Å². The van der Waals surface area contributed by atoms with Crippen LogP contribution in [0.1, 0.15) is 28.1 Å². The van der Waals surface area contributed by atoms with Crippen molar-refractivity contribution in [1.29, 1.82) is 0 Å². The van der Waals surface area contributed by atoms with E-state index in [1.807, 2.05) is 0 Å². The van der Waals surface area contributed by atoms with Crippen molar-refractivity contribution in [3.8, 4) is 11.3 Å². The minimum Gasteiger partial charge on any atom is -0.369 e. The van der Waals surface area contributed by atoms with E-state index < -0.39 is 40.7 Å². The molecule has 3 amide bonds. The smallest absolute Gasteiger partial charge is 0.369 e. The number of carbonyl (C=O) groups is 3. The average molecular weight is 569 g/mol. The molecule has 0 spiro atoms. The van der Waals surface area contributed by atoms with Crippen molar-refractivity contribution in [2.24, 2.45) is 11.1 Å². The lowest BCUT2D eigenvalue weighted by Gasteiger charge is -2.23. The van der Waals surface area contributed by atoms with Crippen molar-refractivity contribution in [3.05, 3.63) is 95.1 Å². The van der Waals surface area contributed by atoms with Gasteiger partial charge in [-0.05, 0) is 55.3 Å². The zero-order valence-electron chi connectivity index (χ0n) is 20.5. The Morgan fingerprint density at radius 2 is 1.62 bits per heavy atom. The zero-order chi connectivity index (χ0) is 28.7. The van der Waals surface area contributed by atoms with Crippen LogP contribution in [-0.4, -0.2) is 22.7 Å². The summed E-state index contributed by atoms with van der Waals surface area (Å²) in [6, 6.07) is 17.6. The molecule has 0 unspecified atom stereocenters. The van der Waals surface area contributed by atoms with E-state index in [1.165, 1.54) is 24.3 Å². The van der Waals surface area contributed by atoms with Gasteiger partial charge in [-0.1, -0.05) is 47.7 Å². The molecule has 4 aromatic rings. The third-order valence-electron chi connectivity index (χ3n) is 6.43. The van der Waals surface area contributed by atoms with Gasteiger partial charge in [0.05, 0.1) is 16.9 Å². The number of rotatable bonds is 7. The molecule has 1 heterocycles. The first-order valence-electron chi connectivity index (χ1n) is 11.9. The van der Waals surface area contributed by atoms with Gasteiger partial charge in [-0.2, -0.15) is 13.2 Å². The fourth-order valence-corrected chi connectivity index (χ4v) is 5.12. The number of anilines is 3. The summed E-state index contributed by atoms with van der Waals surface area (Å²) in [5.41, 5.74) is 3.91. The third-order valence-corrected chi connectivity index (χ3v) is 7.47. The van der Waals surface area contributed by atoms with Crippen molar-refractivity contribution >= 4 is 45.6 Å². The Hall–Kier alpha value is -4.58. The summed E-state index contributed by atoms with van der Waals surface area (Å²) in [7, 11) is 0. The van der Waals surface area contributed by atoms with Crippen LogP contribution in [0.5, 0.6) is 0 Å². The second kappa shape index (κ2) is 10.2. The lowest BCUT2D eigenvalue weighted by atomic mass is 10.0. The summed E-state index contributed by atoms with van der Waals surface area (Å²) in [5.74, 6) is -2.81. The molecule has 1 aromatic heterocycles. The Morgan fingerprint density at radius 1 is 0.950 bits per heavy atom. The van der Waals surface area contributed by atoms with Gasteiger partial charge in [0.2, 0.25) is 11.8 Å². The van der Waals surface area contributed by atoms with Crippen molar-refractivity contribution in [3.63, 3.8) is 0 Å². The van der Waals surface area contributed by atoms with E-state index in [2.05, 4.69) is 10.3 Å². The van der Waals surface area contributed by atoms with E-state index in [0.29, 0.717) is 5.56 Å². The summed E-state index contributed by atoms with van der Waals surface area (Å²) >= 11 is 0.796. The van der Waals surface area contributed by atoms with Gasteiger partial charge < -0.3 is 11.1 Å². The molecule has 1 saturated carbocycles. The van der Waals surface area contributed by atoms with Crippen LogP contribution in [0, 0.1) is 11.2 Å². The first kappa shape index (κ1) is 27.0. The van der Waals surface area contributed by atoms with E-state index in [4.69, 9.17) is 5.73 Å². The number of benzene rings is 3. The number of nitrogens with two attached hydrogens (primary N) is 1. The molecule has 3 aromatic carbocycles. The second-order valence-electron chi connectivity index (χ2n) is 9.14. The molecule has 204 valence electrons. The van der Waals surface area contributed by atoms with Crippen LogP contribution in [0.4, 0.5) is 34.1 Å². The Kier molecular flexibility index (Phi) is 6.88. The SMILES string of the molecule is NC(=O)C1(C(=O)N(c2ccc(F)cc2)c2nc(-c3ccccc3)c(C(=O)Nc3cccc(C(F)(F)F)c3)s2)CC1. The number of aromatic nitrogens is 1. The summed E-state index contributed by atoms with van der Waals surface area (Å²) < 4.78 is 53.4. The molecule has 40 heavy (non-hydrogen) atoms. The highest BCUT2D eigenvalue weighted by atomic mass is 32.1. The number of hydrogen-bond donors (Lipinski definition) is 2. The normalized spacial score (nSPS) is 13.9. The number of amides is 3. The molecule has 1 fully saturated rings. The first-order chi connectivity index (χ1) is 19.0. The Morgan fingerprint density at radius 3 is 2.23 bits per heavy atom. The fraction of sp³-hybridized carbons (Fsp3) is 0.143. The number of nitrogens with one attached hydrogen (secondary N) is 1. The van der Waals surface area contributed by atoms with Crippen LogP contribution in [0.25, 0.3) is 11.3 Å². The molecular formula is C28H20F4N4O3S. The van der Waals surface area contributed by atoms with Crippen LogP contribution < -0.4 is 16.0 Å². The summed E-state index contributed by atoms with van der Waals surface area (Å²) in [4.78, 5) is 45.0. The molecule has 1 aliphatic carbocycles. The largest absolute Gasteiger partial charge is 0.416 e. The predicted octanol–water partition coefficient (Wildman–Crippen LogP) is 6.15. The minimum atomic E-state index is -4.61. The van der Waals surface area contributed by atoms with Crippen LogP contribution in [-0.2, 0) is 15.8 Å². The van der Waals surface area contributed by atoms with Gasteiger partial charge in [0.25, 0.3) is 5.91 Å². The second-order valence-corrected chi connectivity index (χ2v) is 10.1. The molecular weight excluding hydrogens is 548 g/mol. The number of hydrogen-bond acceptors (Lipinski definition) is 5. The highest BCUT2D eigenvalue weighted by Gasteiger charge is 2.58. The monoisotopic (exact) mass is 568 g/mol. The molecule has 7 nitrogen and oxygen atoms in total.